The van der Waals surface area contributed by atoms with Gasteiger partial charge in [0, 0.05) is 17.1 Å². The maximum Gasteiger partial charge on any atom is 0.323 e. The van der Waals surface area contributed by atoms with Crippen molar-refractivity contribution in [3.8, 4) is 0 Å². The fraction of sp³-hybridized carbons (Fsp3) is 0.167. The van der Waals surface area contributed by atoms with Crippen LogP contribution in [0.5, 0.6) is 0 Å². The summed E-state index contributed by atoms with van der Waals surface area (Å²) in [5.74, 6) is -0.319. The van der Waals surface area contributed by atoms with Crippen LogP contribution in [0, 0.1) is 0 Å². The lowest BCUT2D eigenvalue weighted by molar-refractivity contribution is -0.121. The number of halogens is 2. The molecule has 0 atom stereocenters. The number of amides is 2. The number of likely N-dealkylation sites (tertiary alicyclic amines) is 1. The van der Waals surface area contributed by atoms with Crippen LogP contribution in [0.4, 0.5) is 4.79 Å². The number of benzene rings is 1. The molecule has 1 aliphatic rings. The summed E-state index contributed by atoms with van der Waals surface area (Å²) in [6, 6.07) is 7.12. The summed E-state index contributed by atoms with van der Waals surface area (Å²) in [6.45, 7) is 0.348. The van der Waals surface area contributed by atoms with Crippen molar-refractivity contribution in [2.45, 2.75) is 6.42 Å². The molecule has 2 amide bonds. The van der Waals surface area contributed by atoms with Crippen LogP contribution < -0.4 is 0 Å². The van der Waals surface area contributed by atoms with Gasteiger partial charge >= 0.3 is 5.37 Å². The molecule has 17 heavy (non-hydrogen) atoms. The predicted molar refractivity (Wildman–Crippen MR) is 67.0 cm³/mol. The molecule has 1 fully saturated rings. The van der Waals surface area contributed by atoms with Crippen molar-refractivity contribution in [2.24, 2.45) is 0 Å². The Bertz CT molecular complexity index is 494. The summed E-state index contributed by atoms with van der Waals surface area (Å²) in [4.78, 5) is 23.7. The molecule has 0 radical (unpaired) electrons. The quantitative estimate of drug-likeness (QED) is 0.446. The van der Waals surface area contributed by atoms with Crippen LogP contribution in [-0.2, 0) is 4.79 Å². The summed E-state index contributed by atoms with van der Waals surface area (Å²) >= 11 is 11.1. The van der Waals surface area contributed by atoms with Gasteiger partial charge in [-0.1, -0.05) is 23.7 Å². The lowest BCUT2D eigenvalue weighted by Gasteiger charge is -2.06. The van der Waals surface area contributed by atoms with E-state index in [4.69, 9.17) is 23.2 Å². The smallest absolute Gasteiger partial charge is 0.269 e. The molecule has 0 aliphatic carbocycles. The Morgan fingerprint density at radius 1 is 1.29 bits per heavy atom. The number of imide groups is 1. The van der Waals surface area contributed by atoms with Crippen molar-refractivity contribution < 1.29 is 9.59 Å². The van der Waals surface area contributed by atoms with Gasteiger partial charge in [0.1, 0.15) is 0 Å². The normalized spacial score (nSPS) is 17.9. The molecule has 1 aromatic rings. The van der Waals surface area contributed by atoms with Gasteiger partial charge in [0.15, 0.2) is 0 Å². The molecule has 1 saturated heterocycles. The topological polar surface area (TPSA) is 37.4 Å². The van der Waals surface area contributed by atoms with E-state index in [1.54, 1.807) is 18.2 Å². The Hall–Kier alpha value is -1.32. The minimum absolute atomic E-state index is 0.319. The van der Waals surface area contributed by atoms with Gasteiger partial charge in [-0.3, -0.25) is 14.5 Å². The van der Waals surface area contributed by atoms with Gasteiger partial charge in [0.05, 0.1) is 0 Å². The molecular weight excluding hydrogens is 261 g/mol. The van der Waals surface area contributed by atoms with E-state index in [1.165, 1.54) is 0 Å². The van der Waals surface area contributed by atoms with Crippen molar-refractivity contribution in [2.75, 3.05) is 6.54 Å². The second-order valence-electron chi connectivity index (χ2n) is 3.68. The van der Waals surface area contributed by atoms with E-state index in [0.29, 0.717) is 23.6 Å². The third-order valence-corrected chi connectivity index (χ3v) is 3.00. The molecule has 0 unspecified atom stereocenters. The van der Waals surface area contributed by atoms with Crippen LogP contribution in [0.15, 0.2) is 29.8 Å². The predicted octanol–water partition coefficient (Wildman–Crippen LogP) is 3.31. The van der Waals surface area contributed by atoms with Gasteiger partial charge in [-0.05, 0) is 41.8 Å². The first kappa shape index (κ1) is 12.1. The Morgan fingerprint density at radius 2 is 1.94 bits per heavy atom. The largest absolute Gasteiger partial charge is 0.323 e. The highest BCUT2D eigenvalue weighted by molar-refractivity contribution is 6.64. The number of carbonyl (C=O) groups excluding carboxylic acids is 2. The summed E-state index contributed by atoms with van der Waals surface area (Å²) in [5.41, 5.74) is 1.46. The molecule has 5 heteroatoms. The van der Waals surface area contributed by atoms with Gasteiger partial charge in [-0.15, -0.1) is 0 Å². The number of rotatable bonds is 1. The van der Waals surface area contributed by atoms with Crippen molar-refractivity contribution in [1.82, 2.24) is 4.90 Å². The van der Waals surface area contributed by atoms with Crippen LogP contribution in [0.1, 0.15) is 12.0 Å². The van der Waals surface area contributed by atoms with Gasteiger partial charge < -0.3 is 0 Å². The van der Waals surface area contributed by atoms with E-state index in [9.17, 15) is 9.59 Å². The summed E-state index contributed by atoms with van der Waals surface area (Å²) in [5, 5.41) is -0.0861. The van der Waals surface area contributed by atoms with Gasteiger partial charge in [0.25, 0.3) is 5.91 Å². The molecule has 0 bridgehead atoms. The lowest BCUT2D eigenvalue weighted by atomic mass is 10.1. The zero-order chi connectivity index (χ0) is 12.4. The van der Waals surface area contributed by atoms with Gasteiger partial charge in [0.2, 0.25) is 0 Å². The first-order chi connectivity index (χ1) is 8.08. The number of hydrogen-bond acceptors (Lipinski definition) is 2. The molecule has 0 aromatic heterocycles. The molecule has 1 heterocycles. The fourth-order valence-electron chi connectivity index (χ4n) is 1.68. The van der Waals surface area contributed by atoms with Gasteiger partial charge in [-0.2, -0.15) is 0 Å². The third-order valence-electron chi connectivity index (χ3n) is 2.55. The van der Waals surface area contributed by atoms with Crippen molar-refractivity contribution in [1.29, 1.82) is 0 Å². The molecule has 3 nitrogen and oxygen atoms in total. The summed E-state index contributed by atoms with van der Waals surface area (Å²) < 4.78 is 0. The SMILES string of the molecule is O=C(Cl)N1CC/C(=C/c2ccc(Cl)cc2)C1=O. The van der Waals surface area contributed by atoms with Crippen LogP contribution >= 0.6 is 23.2 Å². The standard InChI is InChI=1S/C12H9Cl2NO2/c13-10-3-1-8(2-4-10)7-9-5-6-15(11(9)16)12(14)17/h1-4,7H,5-6H2/b9-7-. The van der Waals surface area contributed by atoms with Crippen molar-refractivity contribution in [3.05, 3.63) is 40.4 Å². The molecule has 1 aliphatic heterocycles. The first-order valence-electron chi connectivity index (χ1n) is 5.05. The Kier molecular flexibility index (Phi) is 3.50. The van der Waals surface area contributed by atoms with E-state index in [2.05, 4.69) is 0 Å². The lowest BCUT2D eigenvalue weighted by Crippen LogP contribution is -2.27. The average molecular weight is 270 g/mol. The monoisotopic (exact) mass is 269 g/mol. The van der Waals surface area contributed by atoms with Crippen LogP contribution in [0.25, 0.3) is 6.08 Å². The highest BCUT2D eigenvalue weighted by atomic mass is 35.5. The third kappa shape index (κ3) is 2.68. The molecule has 0 saturated carbocycles. The van der Waals surface area contributed by atoms with E-state index < -0.39 is 5.37 Å². The maximum atomic E-state index is 11.7. The number of nitrogens with zero attached hydrogens (tertiary/aromatic N) is 1. The minimum atomic E-state index is -0.727. The van der Waals surface area contributed by atoms with E-state index in [-0.39, 0.29) is 5.91 Å². The van der Waals surface area contributed by atoms with Gasteiger partial charge in [-0.25, -0.2) is 0 Å². The molecular formula is C12H9Cl2NO2. The summed E-state index contributed by atoms with van der Waals surface area (Å²) in [6.07, 6.45) is 2.28. The molecule has 1 aromatic carbocycles. The second-order valence-corrected chi connectivity index (χ2v) is 4.44. The van der Waals surface area contributed by atoms with Crippen molar-refractivity contribution in [3.63, 3.8) is 0 Å². The Labute approximate surface area is 109 Å². The summed E-state index contributed by atoms with van der Waals surface area (Å²) in [7, 11) is 0. The van der Waals surface area contributed by atoms with Crippen LogP contribution in [0.2, 0.25) is 5.02 Å². The zero-order valence-electron chi connectivity index (χ0n) is 8.82. The van der Waals surface area contributed by atoms with E-state index in [0.717, 1.165) is 10.5 Å². The molecule has 0 spiro atoms. The molecule has 2 rings (SSSR count). The first-order valence-corrected chi connectivity index (χ1v) is 5.81. The Morgan fingerprint density at radius 3 is 2.47 bits per heavy atom. The molecule has 0 N–H and O–H groups in total. The fourth-order valence-corrected chi connectivity index (χ4v) is 1.96. The highest BCUT2D eigenvalue weighted by Crippen LogP contribution is 2.22. The minimum Gasteiger partial charge on any atom is -0.269 e. The maximum absolute atomic E-state index is 11.7. The highest BCUT2D eigenvalue weighted by Gasteiger charge is 2.29. The molecule has 88 valence electrons. The number of hydrogen-bond donors (Lipinski definition) is 0. The zero-order valence-corrected chi connectivity index (χ0v) is 10.3. The van der Waals surface area contributed by atoms with E-state index in [1.807, 2.05) is 12.1 Å². The number of carbonyl (C=O) groups is 2. The van der Waals surface area contributed by atoms with Crippen molar-refractivity contribution >= 4 is 40.6 Å². The van der Waals surface area contributed by atoms with Crippen LogP contribution in [0.3, 0.4) is 0 Å². The second kappa shape index (κ2) is 4.90. The van der Waals surface area contributed by atoms with E-state index >= 15 is 0 Å². The van der Waals surface area contributed by atoms with Crippen LogP contribution in [-0.4, -0.2) is 22.7 Å². The Balaban J connectivity index is 2.22. The average Bonchev–Trinajstić information content (AvgIpc) is 2.64.